The van der Waals surface area contributed by atoms with Crippen molar-refractivity contribution in [2.75, 3.05) is 26.3 Å². The van der Waals surface area contributed by atoms with Gasteiger partial charge < -0.3 is 19.2 Å². The molecule has 0 amide bonds. The minimum atomic E-state index is 0.163. The fraction of sp³-hybridized carbons (Fsp3) is 0.462. The molecule has 2 aromatic rings. The van der Waals surface area contributed by atoms with E-state index in [-0.39, 0.29) is 6.10 Å². The van der Waals surface area contributed by atoms with E-state index >= 15 is 0 Å². The minimum Gasteiger partial charge on any atom is -0.373 e. The molecule has 0 bridgehead atoms. The Morgan fingerprint density at radius 3 is 3.33 bits per heavy atom. The molecule has 1 N–H and O–H groups in total. The van der Waals surface area contributed by atoms with E-state index in [1.165, 1.54) is 0 Å². The number of ether oxygens (including phenoxy) is 2. The highest BCUT2D eigenvalue weighted by Gasteiger charge is 2.13. The van der Waals surface area contributed by atoms with Crippen molar-refractivity contribution in [2.45, 2.75) is 12.7 Å². The lowest BCUT2D eigenvalue weighted by Gasteiger charge is -2.23. The molecule has 1 saturated heterocycles. The van der Waals surface area contributed by atoms with Crippen LogP contribution < -0.4 is 5.32 Å². The minimum absolute atomic E-state index is 0.163. The Kier molecular flexibility index (Phi) is 3.54. The summed E-state index contributed by atoms with van der Waals surface area (Å²) in [5.74, 6) is 0. The average molecular weight is 247 g/mol. The first kappa shape index (κ1) is 11.6. The van der Waals surface area contributed by atoms with Crippen molar-refractivity contribution in [3.8, 4) is 0 Å². The SMILES string of the molecule is c1ccn2cc(COCC3CNCCO3)nc2c1. The van der Waals surface area contributed by atoms with E-state index in [2.05, 4.69) is 10.3 Å². The number of imidazole rings is 1. The van der Waals surface area contributed by atoms with Gasteiger partial charge in [0.1, 0.15) is 5.65 Å². The number of nitrogens with zero attached hydrogens (tertiary/aromatic N) is 2. The van der Waals surface area contributed by atoms with Crippen LogP contribution in [0.2, 0.25) is 0 Å². The summed E-state index contributed by atoms with van der Waals surface area (Å²) in [6, 6.07) is 5.95. The van der Waals surface area contributed by atoms with Gasteiger partial charge in [-0.2, -0.15) is 0 Å². The van der Waals surface area contributed by atoms with Gasteiger partial charge in [0.15, 0.2) is 0 Å². The van der Waals surface area contributed by atoms with Crippen LogP contribution in [0, 0.1) is 0 Å². The van der Waals surface area contributed by atoms with Crippen LogP contribution in [0.4, 0.5) is 0 Å². The monoisotopic (exact) mass is 247 g/mol. The van der Waals surface area contributed by atoms with Gasteiger partial charge in [0, 0.05) is 25.5 Å². The fourth-order valence-corrected chi connectivity index (χ4v) is 2.08. The van der Waals surface area contributed by atoms with Crippen LogP contribution in [0.1, 0.15) is 5.69 Å². The molecule has 0 saturated carbocycles. The molecule has 2 aromatic heterocycles. The third kappa shape index (κ3) is 2.69. The third-order valence-corrected chi connectivity index (χ3v) is 2.97. The molecule has 1 aliphatic heterocycles. The van der Waals surface area contributed by atoms with E-state index in [0.717, 1.165) is 31.0 Å². The molecular formula is C13H17N3O2. The van der Waals surface area contributed by atoms with Crippen LogP contribution in [-0.4, -0.2) is 41.8 Å². The molecule has 0 aromatic carbocycles. The van der Waals surface area contributed by atoms with Gasteiger partial charge in [0.05, 0.1) is 31.6 Å². The van der Waals surface area contributed by atoms with Crippen LogP contribution in [0.3, 0.4) is 0 Å². The summed E-state index contributed by atoms with van der Waals surface area (Å²) in [4.78, 5) is 4.48. The number of morpholine rings is 1. The summed E-state index contributed by atoms with van der Waals surface area (Å²) in [7, 11) is 0. The van der Waals surface area contributed by atoms with Crippen molar-refractivity contribution in [1.29, 1.82) is 0 Å². The van der Waals surface area contributed by atoms with Gasteiger partial charge in [-0.05, 0) is 12.1 Å². The summed E-state index contributed by atoms with van der Waals surface area (Å²) in [5.41, 5.74) is 1.90. The zero-order valence-electron chi connectivity index (χ0n) is 10.2. The van der Waals surface area contributed by atoms with Crippen LogP contribution in [0.5, 0.6) is 0 Å². The van der Waals surface area contributed by atoms with E-state index < -0.39 is 0 Å². The zero-order valence-corrected chi connectivity index (χ0v) is 10.2. The van der Waals surface area contributed by atoms with Crippen molar-refractivity contribution < 1.29 is 9.47 Å². The van der Waals surface area contributed by atoms with Crippen LogP contribution in [0.25, 0.3) is 5.65 Å². The standard InChI is InChI=1S/C13H17N3O2/c1-2-5-16-8-11(15-13(16)3-1)9-17-10-12-7-14-4-6-18-12/h1-3,5,8,12,14H,4,6-7,9-10H2. The molecule has 3 rings (SSSR count). The molecule has 1 aliphatic rings. The number of rotatable bonds is 4. The van der Waals surface area contributed by atoms with Crippen molar-refractivity contribution in [3.05, 3.63) is 36.3 Å². The number of aromatic nitrogens is 2. The second kappa shape index (κ2) is 5.48. The van der Waals surface area contributed by atoms with Gasteiger partial charge in [-0.1, -0.05) is 6.07 Å². The Morgan fingerprint density at radius 2 is 2.50 bits per heavy atom. The maximum Gasteiger partial charge on any atom is 0.137 e. The molecule has 1 fully saturated rings. The Balaban J connectivity index is 1.53. The number of hydrogen-bond donors (Lipinski definition) is 1. The zero-order chi connectivity index (χ0) is 12.2. The topological polar surface area (TPSA) is 47.8 Å². The Morgan fingerprint density at radius 1 is 1.50 bits per heavy atom. The Labute approximate surface area is 106 Å². The van der Waals surface area contributed by atoms with Crippen molar-refractivity contribution in [3.63, 3.8) is 0 Å². The van der Waals surface area contributed by atoms with E-state index in [9.17, 15) is 0 Å². The van der Waals surface area contributed by atoms with E-state index in [4.69, 9.17) is 9.47 Å². The number of pyridine rings is 1. The predicted octanol–water partition coefficient (Wildman–Crippen LogP) is 0.839. The van der Waals surface area contributed by atoms with Crippen molar-refractivity contribution >= 4 is 5.65 Å². The normalized spacial score (nSPS) is 20.3. The molecule has 18 heavy (non-hydrogen) atoms. The quantitative estimate of drug-likeness (QED) is 0.869. The van der Waals surface area contributed by atoms with Gasteiger partial charge in [-0.3, -0.25) is 0 Å². The van der Waals surface area contributed by atoms with Gasteiger partial charge in [0.2, 0.25) is 0 Å². The molecule has 1 unspecified atom stereocenters. The molecule has 3 heterocycles. The highest BCUT2D eigenvalue weighted by molar-refractivity contribution is 5.39. The van der Waals surface area contributed by atoms with Crippen LogP contribution in [-0.2, 0) is 16.1 Å². The smallest absolute Gasteiger partial charge is 0.137 e. The highest BCUT2D eigenvalue weighted by atomic mass is 16.5. The van der Waals surface area contributed by atoms with Crippen molar-refractivity contribution in [2.24, 2.45) is 0 Å². The molecule has 1 atom stereocenters. The largest absolute Gasteiger partial charge is 0.373 e. The van der Waals surface area contributed by atoms with Gasteiger partial charge >= 0.3 is 0 Å². The lowest BCUT2D eigenvalue weighted by atomic mass is 10.3. The van der Waals surface area contributed by atoms with Gasteiger partial charge in [0.25, 0.3) is 0 Å². The summed E-state index contributed by atoms with van der Waals surface area (Å²) >= 11 is 0. The number of nitrogens with one attached hydrogen (secondary N) is 1. The maximum absolute atomic E-state index is 5.65. The Hall–Kier alpha value is -1.43. The molecule has 5 heteroatoms. The van der Waals surface area contributed by atoms with Crippen LogP contribution >= 0.6 is 0 Å². The maximum atomic E-state index is 5.65. The lowest BCUT2D eigenvalue weighted by molar-refractivity contribution is -0.0362. The molecule has 0 aliphatic carbocycles. The average Bonchev–Trinajstić information content (AvgIpc) is 2.82. The highest BCUT2D eigenvalue weighted by Crippen LogP contribution is 2.06. The fourth-order valence-electron chi connectivity index (χ4n) is 2.08. The summed E-state index contributed by atoms with van der Waals surface area (Å²) < 4.78 is 13.2. The molecule has 5 nitrogen and oxygen atoms in total. The molecule has 0 spiro atoms. The summed E-state index contributed by atoms with van der Waals surface area (Å²) in [6.45, 7) is 3.71. The van der Waals surface area contributed by atoms with E-state index in [1.54, 1.807) is 0 Å². The summed E-state index contributed by atoms with van der Waals surface area (Å²) in [6.07, 6.45) is 4.14. The summed E-state index contributed by atoms with van der Waals surface area (Å²) in [5, 5.41) is 3.28. The molecule has 96 valence electrons. The lowest BCUT2D eigenvalue weighted by Crippen LogP contribution is -2.40. The predicted molar refractivity (Wildman–Crippen MR) is 67.5 cm³/mol. The van der Waals surface area contributed by atoms with Gasteiger partial charge in [-0.25, -0.2) is 4.98 Å². The first-order valence-corrected chi connectivity index (χ1v) is 6.24. The third-order valence-electron chi connectivity index (χ3n) is 2.97. The second-order valence-electron chi connectivity index (χ2n) is 4.41. The first-order valence-electron chi connectivity index (χ1n) is 6.24. The number of hydrogen-bond acceptors (Lipinski definition) is 4. The molecular weight excluding hydrogens is 230 g/mol. The van der Waals surface area contributed by atoms with Crippen LogP contribution in [0.15, 0.2) is 30.6 Å². The van der Waals surface area contributed by atoms with E-state index in [0.29, 0.717) is 13.2 Å². The van der Waals surface area contributed by atoms with Crippen molar-refractivity contribution in [1.82, 2.24) is 14.7 Å². The Bertz CT molecular complexity index is 473. The second-order valence-corrected chi connectivity index (χ2v) is 4.41. The first-order chi connectivity index (χ1) is 8.92. The van der Waals surface area contributed by atoms with E-state index in [1.807, 2.05) is 35.0 Å². The number of fused-ring (bicyclic) bond motifs is 1. The molecule has 0 radical (unpaired) electrons. The van der Waals surface area contributed by atoms with Gasteiger partial charge in [-0.15, -0.1) is 0 Å².